The van der Waals surface area contributed by atoms with Gasteiger partial charge in [0.15, 0.2) is 0 Å². The molecule has 0 bridgehead atoms. The van der Waals surface area contributed by atoms with Crippen LogP contribution in [0.4, 0.5) is 11.4 Å². The summed E-state index contributed by atoms with van der Waals surface area (Å²) in [5.41, 5.74) is 8.83. The summed E-state index contributed by atoms with van der Waals surface area (Å²) in [6, 6.07) is 49.8. The van der Waals surface area contributed by atoms with Crippen molar-refractivity contribution in [3.63, 3.8) is 0 Å². The molecule has 0 fully saturated rings. The van der Waals surface area contributed by atoms with Gasteiger partial charge in [-0.2, -0.15) is 5.26 Å². The molecule has 0 saturated carbocycles. The zero-order chi connectivity index (χ0) is 34.9. The van der Waals surface area contributed by atoms with E-state index in [1.807, 2.05) is 13.1 Å². The minimum Gasteiger partial charge on any atom is -0.388 e. The highest BCUT2D eigenvalue weighted by molar-refractivity contribution is 5.95. The molecule has 2 unspecified atom stereocenters. The molecule has 1 aliphatic heterocycles. The summed E-state index contributed by atoms with van der Waals surface area (Å²) in [5, 5.41) is 19.1. The van der Waals surface area contributed by atoms with Crippen molar-refractivity contribution in [2.45, 2.75) is 37.5 Å². The minimum absolute atomic E-state index is 0.383. The van der Waals surface area contributed by atoms with Gasteiger partial charge < -0.3 is 10.2 Å². The molecule has 0 spiro atoms. The Balaban J connectivity index is 1.40. The molecule has 6 aromatic rings. The SMILES string of the molecule is C=C(/C=C(C#N)/C=C1/N(C)c2ccc3ccccc3c2C1(C)Cc1ccccc1)C(C)(Cc1ccccc1)c1c(NC)ccc2ccccc12. The van der Waals surface area contributed by atoms with E-state index in [1.165, 1.54) is 49.5 Å². The lowest BCUT2D eigenvalue weighted by atomic mass is 9.69. The Hall–Kier alpha value is -5.85. The molecular formula is C47H43N3. The summed E-state index contributed by atoms with van der Waals surface area (Å²) in [7, 11) is 4.11. The maximum absolute atomic E-state index is 10.8. The van der Waals surface area contributed by atoms with Gasteiger partial charge in [0.1, 0.15) is 0 Å². The molecule has 3 nitrogen and oxygen atoms in total. The third-order valence-electron chi connectivity index (χ3n) is 10.8. The summed E-state index contributed by atoms with van der Waals surface area (Å²) in [6.07, 6.45) is 5.66. The van der Waals surface area contributed by atoms with Crippen LogP contribution >= 0.6 is 0 Å². The summed E-state index contributed by atoms with van der Waals surface area (Å²) < 4.78 is 0. The number of hydrogen-bond donors (Lipinski definition) is 1. The molecule has 1 heterocycles. The van der Waals surface area contributed by atoms with Crippen LogP contribution in [0.3, 0.4) is 0 Å². The second kappa shape index (κ2) is 13.2. The topological polar surface area (TPSA) is 39.1 Å². The number of nitrogens with zero attached hydrogens (tertiary/aromatic N) is 2. The fourth-order valence-corrected chi connectivity index (χ4v) is 8.23. The normalized spacial score (nSPS) is 17.8. The number of hydrogen-bond acceptors (Lipinski definition) is 3. The lowest BCUT2D eigenvalue weighted by Gasteiger charge is -2.35. The Morgan fingerprint density at radius 3 is 2.04 bits per heavy atom. The van der Waals surface area contributed by atoms with E-state index in [9.17, 15) is 5.26 Å². The van der Waals surface area contributed by atoms with Crippen molar-refractivity contribution in [3.8, 4) is 6.07 Å². The maximum atomic E-state index is 10.8. The minimum atomic E-state index is -0.532. The van der Waals surface area contributed by atoms with Crippen LogP contribution in [0.5, 0.6) is 0 Å². The lowest BCUT2D eigenvalue weighted by Crippen LogP contribution is -2.29. The van der Waals surface area contributed by atoms with Gasteiger partial charge in [-0.05, 0) is 93.4 Å². The van der Waals surface area contributed by atoms with Crippen LogP contribution in [0.1, 0.15) is 36.1 Å². The zero-order valence-electron chi connectivity index (χ0n) is 29.4. The van der Waals surface area contributed by atoms with Crippen molar-refractivity contribution in [1.82, 2.24) is 0 Å². The van der Waals surface area contributed by atoms with Gasteiger partial charge >= 0.3 is 0 Å². The highest BCUT2D eigenvalue weighted by atomic mass is 15.2. The van der Waals surface area contributed by atoms with Crippen LogP contribution in [-0.4, -0.2) is 14.1 Å². The molecule has 7 rings (SSSR count). The van der Waals surface area contributed by atoms with Gasteiger partial charge in [0, 0.05) is 42.0 Å². The van der Waals surface area contributed by atoms with Crippen LogP contribution in [0.15, 0.2) is 169 Å². The predicted octanol–water partition coefficient (Wildman–Crippen LogP) is 11.1. The number of fused-ring (bicyclic) bond motifs is 4. The predicted molar refractivity (Wildman–Crippen MR) is 212 cm³/mol. The first-order valence-corrected chi connectivity index (χ1v) is 17.3. The average molecular weight is 650 g/mol. The van der Waals surface area contributed by atoms with Crippen molar-refractivity contribution >= 4 is 32.9 Å². The van der Waals surface area contributed by atoms with Gasteiger partial charge in [0.05, 0.1) is 11.6 Å². The third kappa shape index (κ3) is 5.67. The standard InChI is InChI=1S/C47H43N3/c1-33(46(2,30-34-16-8-6-9-17-34)44-39-22-14-12-20-37(39)24-26-41(44)49-4)28-36(32-48)29-43-47(3,31-35-18-10-7-11-19-35)45-40-23-15-13-21-38(40)25-27-42(45)50(43)5/h6-29,49H,1,30-31H2,2-5H3/b36-28-,43-29+. The van der Waals surface area contributed by atoms with Crippen LogP contribution < -0.4 is 10.2 Å². The molecule has 0 radical (unpaired) electrons. The van der Waals surface area contributed by atoms with Gasteiger partial charge in [0.2, 0.25) is 0 Å². The molecule has 0 aliphatic carbocycles. The molecule has 0 amide bonds. The molecule has 0 saturated heterocycles. The number of benzene rings is 6. The largest absolute Gasteiger partial charge is 0.388 e. The van der Waals surface area contributed by atoms with E-state index in [0.29, 0.717) is 5.57 Å². The van der Waals surface area contributed by atoms with E-state index in [4.69, 9.17) is 6.58 Å². The Bertz CT molecular complexity index is 2330. The first-order chi connectivity index (χ1) is 24.3. The van der Waals surface area contributed by atoms with Gasteiger partial charge in [-0.15, -0.1) is 0 Å². The summed E-state index contributed by atoms with van der Waals surface area (Å²) in [4.78, 5) is 2.28. The van der Waals surface area contributed by atoms with Gasteiger partial charge in [-0.1, -0.05) is 135 Å². The highest BCUT2D eigenvalue weighted by Crippen LogP contribution is 2.52. The Kier molecular flexibility index (Phi) is 8.64. The third-order valence-corrected chi connectivity index (χ3v) is 10.8. The summed E-state index contributed by atoms with van der Waals surface area (Å²) >= 11 is 0. The summed E-state index contributed by atoms with van der Waals surface area (Å²) in [6.45, 7) is 9.35. The van der Waals surface area contributed by atoms with Crippen LogP contribution in [0.25, 0.3) is 21.5 Å². The van der Waals surface area contributed by atoms with Crippen molar-refractivity contribution in [3.05, 3.63) is 191 Å². The molecule has 50 heavy (non-hydrogen) atoms. The van der Waals surface area contributed by atoms with Crippen molar-refractivity contribution in [2.24, 2.45) is 0 Å². The van der Waals surface area contributed by atoms with E-state index in [2.05, 4.69) is 177 Å². The van der Waals surface area contributed by atoms with Gasteiger partial charge in [-0.25, -0.2) is 0 Å². The number of likely N-dealkylation sites (N-methyl/N-ethyl adjacent to an activating group) is 1. The van der Waals surface area contributed by atoms with Crippen molar-refractivity contribution in [2.75, 3.05) is 24.3 Å². The number of nitrogens with one attached hydrogen (secondary N) is 1. The zero-order valence-corrected chi connectivity index (χ0v) is 29.4. The van der Waals surface area contributed by atoms with E-state index in [0.717, 1.165) is 29.8 Å². The maximum Gasteiger partial charge on any atom is 0.0992 e. The Morgan fingerprint density at radius 1 is 0.800 bits per heavy atom. The Morgan fingerprint density at radius 2 is 1.38 bits per heavy atom. The number of nitriles is 1. The molecule has 246 valence electrons. The van der Waals surface area contributed by atoms with Crippen molar-refractivity contribution in [1.29, 1.82) is 5.26 Å². The molecule has 6 aromatic carbocycles. The van der Waals surface area contributed by atoms with Crippen LogP contribution in [0, 0.1) is 11.3 Å². The van der Waals surface area contributed by atoms with Crippen LogP contribution in [-0.2, 0) is 23.7 Å². The second-order valence-corrected chi connectivity index (χ2v) is 14.0. The Labute approximate surface area is 296 Å². The average Bonchev–Trinajstić information content (AvgIpc) is 3.36. The van der Waals surface area contributed by atoms with E-state index < -0.39 is 5.41 Å². The molecule has 0 aromatic heterocycles. The molecular weight excluding hydrogens is 607 g/mol. The molecule has 2 atom stereocenters. The fourth-order valence-electron chi connectivity index (χ4n) is 8.23. The summed E-state index contributed by atoms with van der Waals surface area (Å²) in [5.74, 6) is 0. The van der Waals surface area contributed by atoms with E-state index in [-0.39, 0.29) is 5.41 Å². The first-order valence-electron chi connectivity index (χ1n) is 17.3. The number of anilines is 2. The van der Waals surface area contributed by atoms with Crippen molar-refractivity contribution < 1.29 is 0 Å². The molecule has 1 N–H and O–H groups in total. The van der Waals surface area contributed by atoms with Gasteiger partial charge in [-0.3, -0.25) is 0 Å². The van der Waals surface area contributed by atoms with Gasteiger partial charge in [0.25, 0.3) is 0 Å². The van der Waals surface area contributed by atoms with Crippen LogP contribution in [0.2, 0.25) is 0 Å². The number of allylic oxidation sites excluding steroid dienone is 5. The quantitative estimate of drug-likeness (QED) is 0.125. The first kappa shape index (κ1) is 32.7. The fraction of sp³-hybridized carbons (Fsp3) is 0.170. The lowest BCUT2D eigenvalue weighted by molar-refractivity contribution is 0.570. The van der Waals surface area contributed by atoms with E-state index in [1.54, 1.807) is 0 Å². The number of rotatable bonds is 9. The second-order valence-electron chi connectivity index (χ2n) is 14.0. The highest BCUT2D eigenvalue weighted by Gasteiger charge is 2.44. The smallest absolute Gasteiger partial charge is 0.0992 e. The monoisotopic (exact) mass is 649 g/mol. The molecule has 3 heteroatoms. The van der Waals surface area contributed by atoms with E-state index >= 15 is 0 Å². The molecule has 1 aliphatic rings.